The highest BCUT2D eigenvalue weighted by atomic mass is 16.2. The Balaban J connectivity index is 1.37. The average Bonchev–Trinajstić information content (AvgIpc) is 2.46. The normalized spacial score (nSPS) is 27.8. The smallest absolute Gasteiger partial charge is 0.223 e. The Morgan fingerprint density at radius 2 is 1.62 bits per heavy atom. The molecule has 0 atom stereocenters. The lowest BCUT2D eigenvalue weighted by Gasteiger charge is -2.46. The van der Waals surface area contributed by atoms with Crippen molar-refractivity contribution < 1.29 is 4.79 Å². The summed E-state index contributed by atoms with van der Waals surface area (Å²) in [7, 11) is 2.24. The maximum absolute atomic E-state index is 12.0. The van der Waals surface area contributed by atoms with Gasteiger partial charge in [-0.2, -0.15) is 0 Å². The van der Waals surface area contributed by atoms with E-state index in [-0.39, 0.29) is 0 Å². The zero-order chi connectivity index (χ0) is 14.9. The highest BCUT2D eigenvalue weighted by molar-refractivity contribution is 5.77. The molecule has 0 unspecified atom stereocenters. The topological polar surface area (TPSA) is 26.8 Å². The van der Waals surface area contributed by atoms with E-state index in [0.717, 1.165) is 26.1 Å². The number of hydrogen-bond donors (Lipinski definition) is 0. The van der Waals surface area contributed by atoms with Gasteiger partial charge in [0.25, 0.3) is 0 Å². The van der Waals surface area contributed by atoms with Crippen molar-refractivity contribution in [2.24, 2.45) is 11.3 Å². The van der Waals surface area contributed by atoms with Crippen LogP contribution in [0.1, 0.15) is 39.0 Å². The van der Waals surface area contributed by atoms with Crippen molar-refractivity contribution in [3.63, 3.8) is 0 Å². The van der Waals surface area contributed by atoms with E-state index in [9.17, 15) is 4.79 Å². The third kappa shape index (κ3) is 3.59. The van der Waals surface area contributed by atoms with Crippen LogP contribution >= 0.6 is 0 Å². The van der Waals surface area contributed by atoms with Crippen LogP contribution in [-0.4, -0.2) is 73.5 Å². The predicted octanol–water partition coefficient (Wildman–Crippen LogP) is 1.66. The van der Waals surface area contributed by atoms with Gasteiger partial charge in [-0.1, -0.05) is 6.92 Å². The van der Waals surface area contributed by atoms with Crippen LogP contribution < -0.4 is 0 Å². The van der Waals surface area contributed by atoms with Crippen LogP contribution in [0.3, 0.4) is 0 Å². The lowest BCUT2D eigenvalue weighted by Crippen LogP contribution is -2.50. The SMILES string of the molecule is CC1CN(C(=O)CCN2CCC3(CCN(C)CC3)CC2)C1. The number of likely N-dealkylation sites (tertiary alicyclic amines) is 3. The zero-order valence-corrected chi connectivity index (χ0v) is 13.8. The molecule has 3 heterocycles. The van der Waals surface area contributed by atoms with Crippen LogP contribution in [0, 0.1) is 11.3 Å². The predicted molar refractivity (Wildman–Crippen MR) is 85.2 cm³/mol. The van der Waals surface area contributed by atoms with Crippen molar-refractivity contribution in [2.75, 3.05) is 52.9 Å². The van der Waals surface area contributed by atoms with Gasteiger partial charge in [-0.05, 0) is 70.2 Å². The summed E-state index contributed by atoms with van der Waals surface area (Å²) in [5, 5.41) is 0. The monoisotopic (exact) mass is 293 g/mol. The van der Waals surface area contributed by atoms with Gasteiger partial charge in [-0.15, -0.1) is 0 Å². The summed E-state index contributed by atoms with van der Waals surface area (Å²) in [5.41, 5.74) is 0.625. The molecule has 3 rings (SSSR count). The molecule has 1 spiro atoms. The first-order valence-electron chi connectivity index (χ1n) is 8.75. The Hall–Kier alpha value is -0.610. The third-order valence-corrected chi connectivity index (χ3v) is 6.02. The standard InChI is InChI=1S/C17H31N3O/c1-15-13-20(14-15)16(21)3-8-19-11-6-17(7-12-19)4-9-18(2)10-5-17/h15H,3-14H2,1-2H3. The number of amides is 1. The fourth-order valence-electron chi connectivity index (χ4n) is 4.16. The van der Waals surface area contributed by atoms with Gasteiger partial charge in [0.15, 0.2) is 0 Å². The number of nitrogens with zero attached hydrogens (tertiary/aromatic N) is 3. The molecule has 0 saturated carbocycles. The molecule has 0 bridgehead atoms. The number of carbonyl (C=O) groups excluding carboxylic acids is 1. The molecule has 3 fully saturated rings. The van der Waals surface area contributed by atoms with Gasteiger partial charge in [-0.3, -0.25) is 4.79 Å². The highest BCUT2D eigenvalue weighted by Gasteiger charge is 2.36. The second-order valence-electron chi connectivity index (χ2n) is 7.80. The van der Waals surface area contributed by atoms with E-state index in [4.69, 9.17) is 0 Å². The van der Waals surface area contributed by atoms with E-state index in [1.807, 2.05) is 4.90 Å². The van der Waals surface area contributed by atoms with Gasteiger partial charge < -0.3 is 14.7 Å². The van der Waals surface area contributed by atoms with Crippen molar-refractivity contribution in [3.8, 4) is 0 Å². The fraction of sp³-hybridized carbons (Fsp3) is 0.941. The summed E-state index contributed by atoms with van der Waals surface area (Å²) in [5.74, 6) is 1.08. The molecule has 4 nitrogen and oxygen atoms in total. The minimum Gasteiger partial charge on any atom is -0.342 e. The minimum absolute atomic E-state index is 0.368. The first-order valence-corrected chi connectivity index (χ1v) is 8.75. The maximum atomic E-state index is 12.0. The van der Waals surface area contributed by atoms with Gasteiger partial charge in [0.1, 0.15) is 0 Å². The van der Waals surface area contributed by atoms with Crippen LogP contribution in [0.25, 0.3) is 0 Å². The molecule has 0 aromatic rings. The molecule has 0 aliphatic carbocycles. The van der Waals surface area contributed by atoms with E-state index >= 15 is 0 Å². The number of hydrogen-bond acceptors (Lipinski definition) is 3. The van der Waals surface area contributed by atoms with E-state index in [2.05, 4.69) is 23.8 Å². The summed E-state index contributed by atoms with van der Waals surface area (Å²) in [4.78, 5) is 19.0. The molecule has 3 saturated heterocycles. The molecular formula is C17H31N3O. The van der Waals surface area contributed by atoms with Gasteiger partial charge >= 0.3 is 0 Å². The Morgan fingerprint density at radius 3 is 2.19 bits per heavy atom. The van der Waals surface area contributed by atoms with Gasteiger partial charge in [0, 0.05) is 26.1 Å². The maximum Gasteiger partial charge on any atom is 0.223 e. The average molecular weight is 293 g/mol. The van der Waals surface area contributed by atoms with Crippen LogP contribution in [0.15, 0.2) is 0 Å². The molecule has 3 aliphatic heterocycles. The Kier molecular flexibility index (Phi) is 4.55. The molecule has 21 heavy (non-hydrogen) atoms. The molecular weight excluding hydrogens is 262 g/mol. The Morgan fingerprint density at radius 1 is 1.05 bits per heavy atom. The van der Waals surface area contributed by atoms with Crippen LogP contribution in [-0.2, 0) is 4.79 Å². The van der Waals surface area contributed by atoms with Gasteiger partial charge in [0.05, 0.1) is 0 Å². The largest absolute Gasteiger partial charge is 0.342 e. The van der Waals surface area contributed by atoms with Crippen molar-refractivity contribution in [1.82, 2.24) is 14.7 Å². The molecule has 0 aromatic carbocycles. The molecule has 0 N–H and O–H groups in total. The number of piperidine rings is 2. The van der Waals surface area contributed by atoms with Gasteiger partial charge in [-0.25, -0.2) is 0 Å². The lowest BCUT2D eigenvalue weighted by molar-refractivity contribution is -0.137. The molecule has 3 aliphatic rings. The molecule has 1 amide bonds. The molecule has 120 valence electrons. The Labute approximate surface area is 129 Å². The second-order valence-corrected chi connectivity index (χ2v) is 7.80. The summed E-state index contributed by atoms with van der Waals surface area (Å²) >= 11 is 0. The van der Waals surface area contributed by atoms with E-state index in [1.54, 1.807) is 0 Å². The third-order valence-electron chi connectivity index (χ3n) is 6.02. The van der Waals surface area contributed by atoms with E-state index in [0.29, 0.717) is 17.2 Å². The first-order chi connectivity index (χ1) is 10.1. The van der Waals surface area contributed by atoms with Crippen molar-refractivity contribution in [1.29, 1.82) is 0 Å². The number of rotatable bonds is 3. The Bertz CT molecular complexity index is 360. The van der Waals surface area contributed by atoms with Crippen molar-refractivity contribution in [3.05, 3.63) is 0 Å². The van der Waals surface area contributed by atoms with Crippen molar-refractivity contribution >= 4 is 5.91 Å². The fourth-order valence-corrected chi connectivity index (χ4v) is 4.16. The quantitative estimate of drug-likeness (QED) is 0.792. The van der Waals surface area contributed by atoms with Crippen molar-refractivity contribution in [2.45, 2.75) is 39.0 Å². The van der Waals surface area contributed by atoms with Gasteiger partial charge in [0.2, 0.25) is 5.91 Å². The van der Waals surface area contributed by atoms with E-state index < -0.39 is 0 Å². The van der Waals surface area contributed by atoms with Crippen LogP contribution in [0.2, 0.25) is 0 Å². The van der Waals surface area contributed by atoms with Crippen LogP contribution in [0.4, 0.5) is 0 Å². The van der Waals surface area contributed by atoms with Crippen LogP contribution in [0.5, 0.6) is 0 Å². The second kappa shape index (κ2) is 6.25. The number of carbonyl (C=O) groups is 1. The summed E-state index contributed by atoms with van der Waals surface area (Å²) < 4.78 is 0. The zero-order valence-electron chi connectivity index (χ0n) is 13.8. The summed E-state index contributed by atoms with van der Waals surface area (Å²) in [6, 6.07) is 0. The molecule has 4 heteroatoms. The highest BCUT2D eigenvalue weighted by Crippen LogP contribution is 2.40. The minimum atomic E-state index is 0.368. The summed E-state index contributed by atoms with van der Waals surface area (Å²) in [6.45, 7) is 10.1. The molecule has 0 aromatic heterocycles. The molecule has 0 radical (unpaired) electrons. The lowest BCUT2D eigenvalue weighted by atomic mass is 9.71. The summed E-state index contributed by atoms with van der Waals surface area (Å²) in [6.07, 6.45) is 6.16. The first kappa shape index (κ1) is 15.3. The van der Waals surface area contributed by atoms with E-state index in [1.165, 1.54) is 51.9 Å².